The van der Waals surface area contributed by atoms with Crippen molar-refractivity contribution in [3.8, 4) is 0 Å². The summed E-state index contributed by atoms with van der Waals surface area (Å²) in [7, 11) is -3.11. The first-order chi connectivity index (χ1) is 8.59. The van der Waals surface area contributed by atoms with Gasteiger partial charge in [0.05, 0.1) is 11.0 Å². The summed E-state index contributed by atoms with van der Waals surface area (Å²) in [6.07, 6.45) is 2.37. The smallest absolute Gasteiger partial charge is 0.157 e. The van der Waals surface area contributed by atoms with Gasteiger partial charge in [0.2, 0.25) is 0 Å². The fourth-order valence-corrected chi connectivity index (χ4v) is 4.50. The zero-order chi connectivity index (χ0) is 13.0. The average molecular weight is 288 g/mol. The summed E-state index contributed by atoms with van der Waals surface area (Å²) in [5.41, 5.74) is 0.705. The molecule has 0 saturated carbocycles. The molecule has 18 heavy (non-hydrogen) atoms. The van der Waals surface area contributed by atoms with Gasteiger partial charge in [-0.05, 0) is 44.0 Å². The van der Waals surface area contributed by atoms with Crippen molar-refractivity contribution >= 4 is 21.4 Å². The summed E-state index contributed by atoms with van der Waals surface area (Å²) >= 11 is 6.02. The minimum Gasteiger partial charge on any atom is -0.317 e. The zero-order valence-electron chi connectivity index (χ0n) is 10.2. The molecule has 0 spiro atoms. The van der Waals surface area contributed by atoms with Crippen LogP contribution in [0.2, 0.25) is 5.02 Å². The molecule has 5 heteroatoms. The van der Waals surface area contributed by atoms with Crippen molar-refractivity contribution in [1.82, 2.24) is 5.32 Å². The molecule has 0 amide bonds. The van der Waals surface area contributed by atoms with Crippen LogP contribution in [0.25, 0.3) is 0 Å². The molecule has 1 atom stereocenters. The Bertz CT molecular complexity index is 493. The van der Waals surface area contributed by atoms with Gasteiger partial charge in [0.15, 0.2) is 9.84 Å². The number of sulfone groups is 1. The first-order valence-electron chi connectivity index (χ1n) is 6.25. The fourth-order valence-electron chi connectivity index (χ4n) is 2.30. The molecule has 0 bridgehead atoms. The van der Waals surface area contributed by atoms with Crippen molar-refractivity contribution in [2.24, 2.45) is 0 Å². The van der Waals surface area contributed by atoms with Crippen molar-refractivity contribution in [1.29, 1.82) is 0 Å². The maximum Gasteiger partial charge on any atom is 0.157 e. The highest BCUT2D eigenvalue weighted by molar-refractivity contribution is 7.91. The molecule has 100 valence electrons. The molecule has 1 saturated heterocycles. The molecular weight excluding hydrogens is 270 g/mol. The summed E-state index contributed by atoms with van der Waals surface area (Å²) in [4.78, 5) is 0. The van der Waals surface area contributed by atoms with Gasteiger partial charge in [-0.3, -0.25) is 0 Å². The van der Waals surface area contributed by atoms with Gasteiger partial charge in [-0.1, -0.05) is 29.8 Å². The number of hydrogen-bond donors (Lipinski definition) is 1. The van der Waals surface area contributed by atoms with Crippen molar-refractivity contribution in [3.05, 3.63) is 34.9 Å². The molecule has 3 nitrogen and oxygen atoms in total. The molecule has 1 N–H and O–H groups in total. The summed E-state index contributed by atoms with van der Waals surface area (Å²) < 4.78 is 24.7. The van der Waals surface area contributed by atoms with E-state index in [0.717, 1.165) is 25.9 Å². The normalized spacial score (nSPS) is 21.5. The largest absolute Gasteiger partial charge is 0.317 e. The molecule has 1 aliphatic heterocycles. The highest BCUT2D eigenvalue weighted by atomic mass is 35.5. The maximum absolute atomic E-state index is 12.4. The second kappa shape index (κ2) is 6.04. The Balaban J connectivity index is 2.13. The van der Waals surface area contributed by atoms with Crippen LogP contribution in [0.5, 0.6) is 0 Å². The molecular formula is C13H18ClNO2S. The van der Waals surface area contributed by atoms with Gasteiger partial charge in [0.25, 0.3) is 0 Å². The third-order valence-corrected chi connectivity index (χ3v) is 5.91. The van der Waals surface area contributed by atoms with Gasteiger partial charge in [0, 0.05) is 5.02 Å². The molecule has 1 heterocycles. The van der Waals surface area contributed by atoms with Gasteiger partial charge in [0.1, 0.15) is 0 Å². The first-order valence-corrected chi connectivity index (χ1v) is 8.34. The van der Waals surface area contributed by atoms with Gasteiger partial charge in [-0.15, -0.1) is 0 Å². The van der Waals surface area contributed by atoms with Crippen LogP contribution < -0.4 is 5.32 Å². The molecule has 0 radical (unpaired) electrons. The van der Waals surface area contributed by atoms with Crippen LogP contribution in [-0.4, -0.2) is 26.8 Å². The Morgan fingerprint density at radius 3 is 2.78 bits per heavy atom. The number of benzene rings is 1. The minimum absolute atomic E-state index is 0.0529. The topological polar surface area (TPSA) is 46.2 Å². The Kier molecular flexibility index (Phi) is 4.65. The lowest BCUT2D eigenvalue weighted by Gasteiger charge is -2.15. The average Bonchev–Trinajstić information content (AvgIpc) is 2.61. The predicted molar refractivity (Wildman–Crippen MR) is 74.6 cm³/mol. The van der Waals surface area contributed by atoms with Crippen LogP contribution >= 0.6 is 11.6 Å². The minimum atomic E-state index is -3.11. The Hall–Kier alpha value is -0.580. The van der Waals surface area contributed by atoms with E-state index >= 15 is 0 Å². The lowest BCUT2D eigenvalue weighted by Crippen LogP contribution is -2.24. The van der Waals surface area contributed by atoms with E-state index in [-0.39, 0.29) is 11.0 Å². The van der Waals surface area contributed by atoms with E-state index in [9.17, 15) is 8.42 Å². The van der Waals surface area contributed by atoms with Crippen molar-refractivity contribution in [3.63, 3.8) is 0 Å². The lowest BCUT2D eigenvalue weighted by molar-refractivity contribution is 0.565. The highest BCUT2D eigenvalue weighted by Crippen LogP contribution is 2.23. The van der Waals surface area contributed by atoms with Crippen LogP contribution in [-0.2, 0) is 15.6 Å². The molecule has 1 fully saturated rings. The van der Waals surface area contributed by atoms with Crippen molar-refractivity contribution < 1.29 is 8.42 Å². The third kappa shape index (κ3) is 3.46. The monoisotopic (exact) mass is 287 g/mol. The Labute approximate surface area is 113 Å². The molecule has 1 aromatic rings. The number of rotatable bonds is 3. The van der Waals surface area contributed by atoms with Gasteiger partial charge in [-0.25, -0.2) is 8.42 Å². The first kappa shape index (κ1) is 13.8. The molecule has 1 unspecified atom stereocenters. The van der Waals surface area contributed by atoms with E-state index in [0.29, 0.717) is 17.0 Å². The SMILES string of the molecule is O=S(=O)(Cc1ccccc1Cl)C1CCCNCC1. The summed E-state index contributed by atoms with van der Waals surface area (Å²) in [5.74, 6) is 0.0529. The van der Waals surface area contributed by atoms with Crippen LogP contribution in [0, 0.1) is 0 Å². The molecule has 0 aromatic heterocycles. The van der Waals surface area contributed by atoms with E-state index in [4.69, 9.17) is 11.6 Å². The predicted octanol–water partition coefficient (Wildman–Crippen LogP) is 2.40. The molecule has 1 aromatic carbocycles. The summed E-state index contributed by atoms with van der Waals surface area (Å²) in [6, 6.07) is 7.16. The van der Waals surface area contributed by atoms with Crippen LogP contribution in [0.4, 0.5) is 0 Å². The van der Waals surface area contributed by atoms with Crippen LogP contribution in [0.15, 0.2) is 24.3 Å². The van der Waals surface area contributed by atoms with Gasteiger partial charge in [-0.2, -0.15) is 0 Å². The zero-order valence-corrected chi connectivity index (χ0v) is 11.8. The summed E-state index contributed by atoms with van der Waals surface area (Å²) in [5, 5.41) is 3.54. The van der Waals surface area contributed by atoms with Gasteiger partial charge < -0.3 is 5.32 Å². The molecule has 0 aliphatic carbocycles. The quantitative estimate of drug-likeness (QED) is 0.928. The van der Waals surface area contributed by atoms with E-state index in [1.165, 1.54) is 0 Å². The van der Waals surface area contributed by atoms with E-state index in [2.05, 4.69) is 5.32 Å². The number of hydrogen-bond acceptors (Lipinski definition) is 3. The van der Waals surface area contributed by atoms with Crippen LogP contribution in [0.3, 0.4) is 0 Å². The molecule has 2 rings (SSSR count). The maximum atomic E-state index is 12.4. The third-order valence-electron chi connectivity index (χ3n) is 3.35. The second-order valence-corrected chi connectivity index (χ2v) is 7.39. The number of nitrogens with one attached hydrogen (secondary N) is 1. The molecule has 1 aliphatic rings. The lowest BCUT2D eigenvalue weighted by atomic mass is 10.2. The fraction of sp³-hybridized carbons (Fsp3) is 0.538. The van der Waals surface area contributed by atoms with Crippen LogP contribution in [0.1, 0.15) is 24.8 Å². The van der Waals surface area contributed by atoms with Gasteiger partial charge >= 0.3 is 0 Å². The summed E-state index contributed by atoms with van der Waals surface area (Å²) in [6.45, 7) is 1.70. The standard InChI is InChI=1S/C13H18ClNO2S/c14-13-6-2-1-4-11(13)10-18(16,17)12-5-3-8-15-9-7-12/h1-2,4,6,12,15H,3,5,7-10H2. The second-order valence-electron chi connectivity index (χ2n) is 4.70. The Morgan fingerprint density at radius 1 is 1.22 bits per heavy atom. The Morgan fingerprint density at radius 2 is 2.00 bits per heavy atom. The van der Waals surface area contributed by atoms with Crippen molar-refractivity contribution in [2.75, 3.05) is 13.1 Å². The van der Waals surface area contributed by atoms with E-state index < -0.39 is 9.84 Å². The van der Waals surface area contributed by atoms with Crippen molar-refractivity contribution in [2.45, 2.75) is 30.3 Å². The van der Waals surface area contributed by atoms with E-state index in [1.807, 2.05) is 12.1 Å². The number of halogens is 1. The van der Waals surface area contributed by atoms with E-state index in [1.54, 1.807) is 12.1 Å². The highest BCUT2D eigenvalue weighted by Gasteiger charge is 2.26.